The second kappa shape index (κ2) is 6.49. The zero-order valence-electron chi connectivity index (χ0n) is 14.4. The minimum Gasteiger partial charge on any atom is -0.354 e. The molecule has 2 aliphatic rings. The van der Waals surface area contributed by atoms with Crippen LogP contribution < -0.4 is 15.5 Å². The Kier molecular flexibility index (Phi) is 4.14. The predicted molar refractivity (Wildman–Crippen MR) is 103 cm³/mol. The lowest BCUT2D eigenvalue weighted by molar-refractivity contribution is -0.116. The molecule has 0 spiro atoms. The van der Waals surface area contributed by atoms with E-state index in [0.29, 0.717) is 22.5 Å². The molecule has 2 aromatic rings. The molecule has 0 bridgehead atoms. The van der Waals surface area contributed by atoms with Gasteiger partial charge >= 0.3 is 0 Å². The molecule has 136 valence electrons. The number of carbonyl (C=O) groups is 1. The van der Waals surface area contributed by atoms with Crippen LogP contribution in [0.25, 0.3) is 6.08 Å². The molecule has 0 aromatic heterocycles. The van der Waals surface area contributed by atoms with E-state index in [4.69, 9.17) is 0 Å². The van der Waals surface area contributed by atoms with Crippen molar-refractivity contribution in [2.24, 2.45) is 5.10 Å². The second-order valence-corrected chi connectivity index (χ2v) is 7.85. The summed E-state index contributed by atoms with van der Waals surface area (Å²) in [4.78, 5) is 12.5. The Bertz CT molecular complexity index is 1130. The normalized spacial score (nSPS) is 18.6. The van der Waals surface area contributed by atoms with Gasteiger partial charge in [-0.05, 0) is 36.9 Å². The number of benzene rings is 2. The molecule has 0 atom stereocenters. The van der Waals surface area contributed by atoms with Crippen LogP contribution in [0.3, 0.4) is 0 Å². The highest BCUT2D eigenvalue weighted by Gasteiger charge is 2.28. The molecule has 2 heterocycles. The quantitative estimate of drug-likeness (QED) is 0.707. The smallest absolute Gasteiger partial charge is 0.275 e. The third-order valence-corrected chi connectivity index (χ3v) is 5.80. The highest BCUT2D eigenvalue weighted by molar-refractivity contribution is 7.89. The third kappa shape index (κ3) is 3.05. The molecule has 0 fully saturated rings. The summed E-state index contributed by atoms with van der Waals surface area (Å²) in [5.41, 5.74) is 6.55. The van der Waals surface area contributed by atoms with Crippen LogP contribution >= 0.6 is 0 Å². The van der Waals surface area contributed by atoms with Crippen LogP contribution in [-0.2, 0) is 14.8 Å². The Labute approximate surface area is 156 Å². The number of sulfonamides is 1. The number of nitrogens with one attached hydrogen (secondary N) is 3. The largest absolute Gasteiger partial charge is 0.354 e. The van der Waals surface area contributed by atoms with Crippen LogP contribution in [0, 0.1) is 0 Å². The van der Waals surface area contributed by atoms with E-state index in [0.717, 1.165) is 11.3 Å². The molecule has 0 unspecified atom stereocenters. The third-order valence-electron chi connectivity index (χ3n) is 4.37. The summed E-state index contributed by atoms with van der Waals surface area (Å²) in [6.45, 7) is 0. The topological polar surface area (TPSA) is 99.7 Å². The van der Waals surface area contributed by atoms with E-state index >= 15 is 0 Å². The first-order valence-corrected chi connectivity index (χ1v) is 9.69. The summed E-state index contributed by atoms with van der Waals surface area (Å²) in [7, 11) is -2.17. The van der Waals surface area contributed by atoms with E-state index in [1.54, 1.807) is 12.1 Å². The van der Waals surface area contributed by atoms with Crippen LogP contribution in [0.5, 0.6) is 0 Å². The maximum atomic E-state index is 12.4. The fourth-order valence-corrected chi connectivity index (χ4v) is 3.69. The van der Waals surface area contributed by atoms with Gasteiger partial charge in [0.25, 0.3) is 5.91 Å². The standard InChI is InChI=1S/C19H16N4O3S/c1-20-27(25,26)14-9-6-13(7-10-14)18-17(19(24)23-22-18)16-11-8-12-4-2-3-5-15(12)21-16/h2-11,20-21H,1H3,(H,23,24)/b17-16-. The maximum Gasteiger partial charge on any atom is 0.275 e. The van der Waals surface area contributed by atoms with Crippen molar-refractivity contribution < 1.29 is 13.2 Å². The number of fused-ring (bicyclic) bond motifs is 1. The van der Waals surface area contributed by atoms with E-state index in [9.17, 15) is 13.2 Å². The Balaban J connectivity index is 1.73. The van der Waals surface area contributed by atoms with E-state index in [1.807, 2.05) is 36.4 Å². The van der Waals surface area contributed by atoms with Gasteiger partial charge in [0.15, 0.2) is 0 Å². The number of carbonyl (C=O) groups excluding carboxylic acids is 1. The number of anilines is 1. The Morgan fingerprint density at radius 1 is 1.00 bits per heavy atom. The summed E-state index contributed by atoms with van der Waals surface area (Å²) in [6, 6.07) is 14.0. The first-order valence-electron chi connectivity index (χ1n) is 8.20. The zero-order valence-corrected chi connectivity index (χ0v) is 15.2. The Hall–Kier alpha value is -3.23. The van der Waals surface area contributed by atoms with Crippen LogP contribution in [0.15, 0.2) is 75.9 Å². The van der Waals surface area contributed by atoms with Crippen molar-refractivity contribution in [3.05, 3.63) is 77.0 Å². The van der Waals surface area contributed by atoms with Crippen LogP contribution in [0.2, 0.25) is 0 Å². The van der Waals surface area contributed by atoms with Gasteiger partial charge in [-0.15, -0.1) is 0 Å². The van der Waals surface area contributed by atoms with Gasteiger partial charge in [0.05, 0.1) is 16.2 Å². The van der Waals surface area contributed by atoms with E-state index in [-0.39, 0.29) is 10.8 Å². The summed E-state index contributed by atoms with van der Waals surface area (Å²) in [5, 5.41) is 7.39. The molecule has 0 radical (unpaired) electrons. The summed E-state index contributed by atoms with van der Waals surface area (Å²) in [6.07, 6.45) is 3.76. The molecular formula is C19H16N4O3S. The lowest BCUT2D eigenvalue weighted by Gasteiger charge is -2.17. The number of hydrogen-bond donors (Lipinski definition) is 3. The second-order valence-electron chi connectivity index (χ2n) is 5.97. The molecule has 2 aromatic carbocycles. The van der Waals surface area contributed by atoms with E-state index in [1.165, 1.54) is 19.2 Å². The highest BCUT2D eigenvalue weighted by atomic mass is 32.2. The number of nitrogens with zero attached hydrogens (tertiary/aromatic N) is 1. The predicted octanol–water partition coefficient (Wildman–Crippen LogP) is 1.82. The fourth-order valence-electron chi connectivity index (χ4n) is 2.96. The minimum atomic E-state index is -3.52. The monoisotopic (exact) mass is 380 g/mol. The molecule has 0 saturated carbocycles. The number of rotatable bonds is 3. The lowest BCUT2D eigenvalue weighted by atomic mass is 9.98. The molecule has 3 N–H and O–H groups in total. The Morgan fingerprint density at radius 3 is 2.48 bits per heavy atom. The average Bonchev–Trinajstić information content (AvgIpc) is 3.09. The molecular weight excluding hydrogens is 364 g/mol. The van der Waals surface area contributed by atoms with Crippen molar-refractivity contribution in [3.8, 4) is 0 Å². The maximum absolute atomic E-state index is 12.4. The summed E-state index contributed by atoms with van der Waals surface area (Å²) >= 11 is 0. The van der Waals surface area contributed by atoms with Crippen molar-refractivity contribution in [3.63, 3.8) is 0 Å². The number of hydrazone groups is 1. The number of hydrogen-bond acceptors (Lipinski definition) is 5. The van der Waals surface area contributed by atoms with Gasteiger partial charge in [0, 0.05) is 11.3 Å². The number of para-hydroxylation sites is 1. The van der Waals surface area contributed by atoms with Crippen LogP contribution in [-0.4, -0.2) is 27.1 Å². The van der Waals surface area contributed by atoms with Crippen molar-refractivity contribution in [1.82, 2.24) is 10.1 Å². The van der Waals surface area contributed by atoms with Crippen molar-refractivity contribution in [1.29, 1.82) is 0 Å². The number of amides is 1. The first-order chi connectivity index (χ1) is 13.0. The van der Waals surface area contributed by atoms with Crippen LogP contribution in [0.4, 0.5) is 5.69 Å². The molecule has 1 amide bonds. The molecule has 4 rings (SSSR count). The van der Waals surface area contributed by atoms with Gasteiger partial charge in [0.2, 0.25) is 10.0 Å². The number of allylic oxidation sites excluding steroid dienone is 1. The van der Waals surface area contributed by atoms with Crippen molar-refractivity contribution in [2.45, 2.75) is 4.90 Å². The summed E-state index contributed by atoms with van der Waals surface area (Å²) < 4.78 is 26.0. The van der Waals surface area contributed by atoms with Gasteiger partial charge in [-0.3, -0.25) is 4.79 Å². The minimum absolute atomic E-state index is 0.144. The zero-order chi connectivity index (χ0) is 19.0. The highest BCUT2D eigenvalue weighted by Crippen LogP contribution is 2.28. The van der Waals surface area contributed by atoms with Crippen molar-refractivity contribution >= 4 is 33.4 Å². The lowest BCUT2D eigenvalue weighted by Crippen LogP contribution is -2.20. The fraction of sp³-hybridized carbons (Fsp3) is 0.0526. The molecule has 8 heteroatoms. The SMILES string of the molecule is CNS(=O)(=O)c1ccc(C2=NNC(=O)/C2=C2/C=Cc3ccccc3N2)cc1. The molecule has 0 aliphatic carbocycles. The molecule has 7 nitrogen and oxygen atoms in total. The first kappa shape index (κ1) is 17.2. The molecule has 27 heavy (non-hydrogen) atoms. The van der Waals surface area contributed by atoms with Crippen molar-refractivity contribution in [2.75, 3.05) is 12.4 Å². The van der Waals surface area contributed by atoms with Gasteiger partial charge in [-0.25, -0.2) is 18.6 Å². The van der Waals surface area contributed by atoms with Gasteiger partial charge in [-0.2, -0.15) is 5.10 Å². The van der Waals surface area contributed by atoms with Gasteiger partial charge in [0.1, 0.15) is 5.71 Å². The summed E-state index contributed by atoms with van der Waals surface area (Å²) in [5.74, 6) is -0.316. The van der Waals surface area contributed by atoms with Gasteiger partial charge in [-0.1, -0.05) is 36.4 Å². The average molecular weight is 380 g/mol. The molecule has 2 aliphatic heterocycles. The van der Waals surface area contributed by atoms with Gasteiger partial charge < -0.3 is 5.32 Å². The molecule has 0 saturated heterocycles. The van der Waals surface area contributed by atoms with Crippen LogP contribution in [0.1, 0.15) is 11.1 Å². The Morgan fingerprint density at radius 2 is 1.74 bits per heavy atom. The van der Waals surface area contributed by atoms with E-state index in [2.05, 4.69) is 20.6 Å². The van der Waals surface area contributed by atoms with E-state index < -0.39 is 10.0 Å².